The minimum absolute atomic E-state index is 0.0418. The molecule has 1 heterocycles. The minimum Gasteiger partial charge on any atom is -0.359 e. The first-order valence-corrected chi connectivity index (χ1v) is 5.39. The second kappa shape index (κ2) is 6.71. The van der Waals surface area contributed by atoms with Gasteiger partial charge in [-0.3, -0.25) is 4.98 Å². The maximum absolute atomic E-state index is 5.55. The Kier molecular flexibility index (Phi) is 5.53. The van der Waals surface area contributed by atoms with Crippen LogP contribution < -0.4 is 0 Å². The number of hydrogen-bond donors (Lipinski definition) is 0. The van der Waals surface area contributed by atoms with Gasteiger partial charge in [0.2, 0.25) is 0 Å². The minimum atomic E-state index is -0.0418. The van der Waals surface area contributed by atoms with Crippen LogP contribution in [0.25, 0.3) is 0 Å². The maximum atomic E-state index is 5.55. The fourth-order valence-electron chi connectivity index (χ4n) is 1.23. The number of hydrogen-bond acceptors (Lipinski definition) is 3. The molecule has 0 amide bonds. The van der Waals surface area contributed by atoms with Gasteiger partial charge in [0, 0.05) is 24.0 Å². The first kappa shape index (κ1) is 12.4. The van der Waals surface area contributed by atoms with Gasteiger partial charge >= 0.3 is 0 Å². The van der Waals surface area contributed by atoms with Crippen LogP contribution in [0.15, 0.2) is 35.6 Å². The second-order valence-electron chi connectivity index (χ2n) is 2.98. The van der Waals surface area contributed by atoms with Crippen LogP contribution in [0.3, 0.4) is 0 Å². The van der Waals surface area contributed by atoms with Gasteiger partial charge in [0.1, 0.15) is 6.79 Å². The largest absolute Gasteiger partial charge is 0.359 e. The third-order valence-corrected chi connectivity index (χ3v) is 2.58. The van der Waals surface area contributed by atoms with Gasteiger partial charge < -0.3 is 9.47 Å². The summed E-state index contributed by atoms with van der Waals surface area (Å²) < 4.78 is 11.4. The molecule has 0 fully saturated rings. The summed E-state index contributed by atoms with van der Waals surface area (Å²) >= 11 is 3.44. The zero-order chi connectivity index (χ0) is 11.1. The summed E-state index contributed by atoms with van der Waals surface area (Å²) in [6, 6.07) is 1.92. The van der Waals surface area contributed by atoms with E-state index in [0.717, 1.165) is 16.5 Å². The highest BCUT2D eigenvalue weighted by atomic mass is 79.9. The van der Waals surface area contributed by atoms with Gasteiger partial charge in [-0.05, 0) is 34.0 Å². The Bertz CT molecular complexity index is 317. The zero-order valence-electron chi connectivity index (χ0n) is 8.65. The zero-order valence-corrected chi connectivity index (χ0v) is 10.2. The number of ether oxygens (including phenoxy) is 2. The van der Waals surface area contributed by atoms with Crippen molar-refractivity contribution in [2.45, 2.75) is 12.5 Å². The number of pyridine rings is 1. The normalized spacial score (nSPS) is 12.4. The number of aromatic nitrogens is 1. The van der Waals surface area contributed by atoms with Gasteiger partial charge in [-0.1, -0.05) is 6.08 Å². The predicted molar refractivity (Wildman–Crippen MR) is 62.5 cm³/mol. The molecule has 0 bridgehead atoms. The Morgan fingerprint density at radius 1 is 1.67 bits per heavy atom. The molecule has 0 aliphatic heterocycles. The van der Waals surface area contributed by atoms with Crippen molar-refractivity contribution < 1.29 is 9.47 Å². The molecule has 3 nitrogen and oxygen atoms in total. The highest BCUT2D eigenvalue weighted by Gasteiger charge is 2.13. The molecule has 15 heavy (non-hydrogen) atoms. The monoisotopic (exact) mass is 271 g/mol. The average molecular weight is 272 g/mol. The van der Waals surface area contributed by atoms with Crippen molar-refractivity contribution in [3.8, 4) is 0 Å². The molecule has 0 aliphatic rings. The fourth-order valence-corrected chi connectivity index (χ4v) is 1.74. The van der Waals surface area contributed by atoms with Gasteiger partial charge in [0.25, 0.3) is 0 Å². The van der Waals surface area contributed by atoms with Gasteiger partial charge in [0.15, 0.2) is 0 Å². The molecule has 0 radical (unpaired) electrons. The second-order valence-corrected chi connectivity index (χ2v) is 3.84. The molecule has 82 valence electrons. The molecule has 0 saturated carbocycles. The van der Waals surface area contributed by atoms with Crippen molar-refractivity contribution in [2.24, 2.45) is 0 Å². The van der Waals surface area contributed by atoms with Crippen LogP contribution in [0.2, 0.25) is 0 Å². The third kappa shape index (κ3) is 3.74. The van der Waals surface area contributed by atoms with Crippen LogP contribution >= 0.6 is 15.9 Å². The summed E-state index contributed by atoms with van der Waals surface area (Å²) in [5.41, 5.74) is 1.06. The van der Waals surface area contributed by atoms with Crippen LogP contribution in [0.5, 0.6) is 0 Å². The van der Waals surface area contributed by atoms with Crippen LogP contribution in [0.4, 0.5) is 0 Å². The maximum Gasteiger partial charge on any atom is 0.147 e. The Labute approximate surface area is 98.2 Å². The van der Waals surface area contributed by atoms with Gasteiger partial charge in [0.05, 0.1) is 6.10 Å². The quantitative estimate of drug-likeness (QED) is 0.589. The Hall–Kier alpha value is -0.710. The lowest BCUT2D eigenvalue weighted by molar-refractivity contribution is -0.0723. The highest BCUT2D eigenvalue weighted by Crippen LogP contribution is 2.27. The van der Waals surface area contributed by atoms with Gasteiger partial charge in [-0.25, -0.2) is 0 Å². The molecular weight excluding hydrogens is 258 g/mol. The molecule has 0 aliphatic carbocycles. The third-order valence-electron chi connectivity index (χ3n) is 1.92. The molecular formula is C11H14BrNO2. The molecule has 1 rings (SSSR count). The first-order chi connectivity index (χ1) is 7.29. The van der Waals surface area contributed by atoms with Gasteiger partial charge in [-0.2, -0.15) is 0 Å². The van der Waals surface area contributed by atoms with E-state index in [0.29, 0.717) is 0 Å². The van der Waals surface area contributed by atoms with E-state index in [1.165, 1.54) is 0 Å². The number of nitrogens with zero attached hydrogens (tertiary/aromatic N) is 1. The van der Waals surface area contributed by atoms with E-state index >= 15 is 0 Å². The van der Waals surface area contributed by atoms with Crippen LogP contribution in [-0.2, 0) is 9.47 Å². The summed E-state index contributed by atoms with van der Waals surface area (Å²) in [5.74, 6) is 0. The molecule has 0 N–H and O–H groups in total. The van der Waals surface area contributed by atoms with Crippen LogP contribution in [0.1, 0.15) is 18.1 Å². The fraction of sp³-hybridized carbons (Fsp3) is 0.364. The lowest BCUT2D eigenvalue weighted by Gasteiger charge is -2.17. The number of rotatable bonds is 6. The van der Waals surface area contributed by atoms with E-state index in [9.17, 15) is 0 Å². The van der Waals surface area contributed by atoms with Crippen LogP contribution in [-0.4, -0.2) is 18.9 Å². The number of methoxy groups -OCH3 is 1. The van der Waals surface area contributed by atoms with Crippen molar-refractivity contribution in [2.75, 3.05) is 13.9 Å². The van der Waals surface area contributed by atoms with Crippen LogP contribution in [0, 0.1) is 0 Å². The summed E-state index contributed by atoms with van der Waals surface area (Å²) in [6.45, 7) is 3.98. The standard InChI is InChI=1S/C11H14BrNO2/c1-3-4-11(15-8-14-2)9-5-6-13-7-10(9)12/h3,5-7,11H,1,4,8H2,2H3. The summed E-state index contributed by atoms with van der Waals surface area (Å²) in [7, 11) is 1.60. The highest BCUT2D eigenvalue weighted by molar-refractivity contribution is 9.10. The Morgan fingerprint density at radius 2 is 2.47 bits per heavy atom. The number of halogens is 1. The average Bonchev–Trinajstić information content (AvgIpc) is 2.25. The predicted octanol–water partition coefficient (Wildman–Crippen LogP) is 3.08. The first-order valence-electron chi connectivity index (χ1n) is 4.60. The lowest BCUT2D eigenvalue weighted by atomic mass is 10.1. The van der Waals surface area contributed by atoms with Crippen molar-refractivity contribution >= 4 is 15.9 Å². The SMILES string of the molecule is C=CCC(OCOC)c1ccncc1Br. The molecule has 1 atom stereocenters. The Balaban J connectivity index is 2.78. The van der Waals surface area contributed by atoms with Crippen molar-refractivity contribution in [1.29, 1.82) is 0 Å². The van der Waals surface area contributed by atoms with Crippen molar-refractivity contribution in [3.05, 3.63) is 41.2 Å². The van der Waals surface area contributed by atoms with E-state index < -0.39 is 0 Å². The molecule has 0 aromatic carbocycles. The van der Waals surface area contributed by atoms with E-state index in [2.05, 4.69) is 27.5 Å². The topological polar surface area (TPSA) is 31.4 Å². The summed E-state index contributed by atoms with van der Waals surface area (Å²) in [5, 5.41) is 0. The van der Waals surface area contributed by atoms with E-state index in [-0.39, 0.29) is 12.9 Å². The molecule has 1 aromatic heterocycles. The van der Waals surface area contributed by atoms with Crippen molar-refractivity contribution in [1.82, 2.24) is 4.98 Å². The molecule has 1 unspecified atom stereocenters. The summed E-state index contributed by atoms with van der Waals surface area (Å²) in [6.07, 6.45) is 6.02. The van der Waals surface area contributed by atoms with E-state index in [4.69, 9.17) is 9.47 Å². The van der Waals surface area contributed by atoms with Crippen molar-refractivity contribution in [3.63, 3.8) is 0 Å². The smallest absolute Gasteiger partial charge is 0.147 e. The van der Waals surface area contributed by atoms with Gasteiger partial charge in [-0.15, -0.1) is 6.58 Å². The summed E-state index contributed by atoms with van der Waals surface area (Å²) in [4.78, 5) is 4.01. The molecule has 0 saturated heterocycles. The van der Waals surface area contributed by atoms with E-state index in [1.54, 1.807) is 19.5 Å². The molecule has 4 heteroatoms. The lowest BCUT2D eigenvalue weighted by Crippen LogP contribution is -2.06. The molecule has 0 spiro atoms. The van der Waals surface area contributed by atoms with E-state index in [1.807, 2.05) is 12.1 Å². The molecule has 1 aromatic rings. The Morgan fingerprint density at radius 3 is 3.07 bits per heavy atom.